The number of aliphatic carboxylic acids is 1. The van der Waals surface area contributed by atoms with Crippen LogP contribution in [0, 0.1) is 0 Å². The molecule has 2 heterocycles. The van der Waals surface area contributed by atoms with Crippen molar-refractivity contribution in [2.24, 2.45) is 14.1 Å². The molecule has 0 fully saturated rings. The number of fused-ring (bicyclic) bond motifs is 1. The number of carboxylic acid groups (broad SMARTS) is 1. The number of aromatic nitrogens is 4. The Bertz CT molecular complexity index is 891. The van der Waals surface area contributed by atoms with Gasteiger partial charge in [0.15, 0.2) is 11.2 Å². The van der Waals surface area contributed by atoms with E-state index in [-0.39, 0.29) is 36.6 Å². The van der Waals surface area contributed by atoms with Gasteiger partial charge in [0.25, 0.3) is 5.56 Å². The van der Waals surface area contributed by atoms with E-state index >= 15 is 0 Å². The fourth-order valence-electron chi connectivity index (χ4n) is 2.26. The van der Waals surface area contributed by atoms with Crippen LogP contribution in [0.1, 0.15) is 6.42 Å². The van der Waals surface area contributed by atoms with Crippen LogP contribution in [-0.2, 0) is 30.2 Å². The zero-order valence-corrected chi connectivity index (χ0v) is 13.0. The number of hydrogen-bond acceptors (Lipinski definition) is 5. The van der Waals surface area contributed by atoms with Gasteiger partial charge in [-0.15, -0.1) is 0 Å². The van der Waals surface area contributed by atoms with Crippen molar-refractivity contribution >= 4 is 23.0 Å². The van der Waals surface area contributed by atoms with Gasteiger partial charge in [-0.25, -0.2) is 9.78 Å². The van der Waals surface area contributed by atoms with Crippen LogP contribution >= 0.6 is 0 Å². The Kier molecular flexibility index (Phi) is 4.34. The first kappa shape index (κ1) is 16.5. The average Bonchev–Trinajstić information content (AvgIpc) is 2.91. The van der Waals surface area contributed by atoms with Gasteiger partial charge in [-0.3, -0.25) is 23.5 Å². The number of imidazole rings is 1. The van der Waals surface area contributed by atoms with Gasteiger partial charge in [0.05, 0.1) is 6.33 Å². The maximum absolute atomic E-state index is 12.2. The number of rotatable bonds is 5. The molecule has 0 aliphatic heterocycles. The van der Waals surface area contributed by atoms with E-state index in [1.807, 2.05) is 0 Å². The fraction of sp³-hybridized carbons (Fsp3) is 0.462. The highest BCUT2D eigenvalue weighted by atomic mass is 16.4. The molecule has 0 unspecified atom stereocenters. The summed E-state index contributed by atoms with van der Waals surface area (Å²) in [5, 5.41) is 8.66. The molecule has 0 radical (unpaired) electrons. The molecule has 0 aromatic carbocycles. The molecule has 0 aliphatic carbocycles. The van der Waals surface area contributed by atoms with Gasteiger partial charge >= 0.3 is 11.7 Å². The SMILES string of the molecule is CN(CC(=O)O)C(=O)CCn1cnc2c1c(=O)n(C)c(=O)n2C. The number of likely N-dealkylation sites (N-methyl/N-ethyl adjacent to an activating group) is 1. The van der Waals surface area contributed by atoms with Gasteiger partial charge < -0.3 is 14.6 Å². The van der Waals surface area contributed by atoms with E-state index in [4.69, 9.17) is 5.11 Å². The zero-order chi connectivity index (χ0) is 17.3. The normalized spacial score (nSPS) is 10.9. The molecule has 2 aromatic heterocycles. The van der Waals surface area contributed by atoms with Crippen LogP contribution in [-0.4, -0.2) is 54.2 Å². The minimum atomic E-state index is -1.10. The molecule has 0 saturated heterocycles. The largest absolute Gasteiger partial charge is 0.480 e. The molecule has 1 N–H and O–H groups in total. The van der Waals surface area contributed by atoms with Crippen molar-refractivity contribution in [1.82, 2.24) is 23.6 Å². The van der Waals surface area contributed by atoms with E-state index in [1.54, 1.807) is 0 Å². The number of nitrogens with zero attached hydrogens (tertiary/aromatic N) is 5. The summed E-state index contributed by atoms with van der Waals surface area (Å²) in [5.41, 5.74) is -0.510. The summed E-state index contributed by atoms with van der Waals surface area (Å²) in [6, 6.07) is 0. The summed E-state index contributed by atoms with van der Waals surface area (Å²) >= 11 is 0. The van der Waals surface area contributed by atoms with Gasteiger partial charge in [0.2, 0.25) is 5.91 Å². The van der Waals surface area contributed by atoms with E-state index in [0.717, 1.165) is 9.47 Å². The summed E-state index contributed by atoms with van der Waals surface area (Å²) < 4.78 is 3.72. The standard InChI is InChI=1S/C13H17N5O5/c1-15(6-9(20)21)8(19)4-5-18-7-14-11-10(18)12(22)17(3)13(23)16(11)2/h7H,4-6H2,1-3H3,(H,20,21). The average molecular weight is 323 g/mol. The number of carboxylic acids is 1. The molecule has 2 rings (SSSR count). The fourth-order valence-corrected chi connectivity index (χ4v) is 2.26. The van der Waals surface area contributed by atoms with Gasteiger partial charge in [0.1, 0.15) is 6.54 Å². The molecule has 10 heteroatoms. The lowest BCUT2D eigenvalue weighted by atomic mass is 10.3. The predicted molar refractivity (Wildman–Crippen MR) is 80.1 cm³/mol. The molecule has 0 spiro atoms. The summed E-state index contributed by atoms with van der Waals surface area (Å²) in [4.78, 5) is 51.7. The van der Waals surface area contributed by atoms with Crippen molar-refractivity contribution in [3.63, 3.8) is 0 Å². The Morgan fingerprint density at radius 1 is 1.26 bits per heavy atom. The Morgan fingerprint density at radius 2 is 1.91 bits per heavy atom. The van der Waals surface area contributed by atoms with E-state index in [1.165, 1.54) is 36.6 Å². The lowest BCUT2D eigenvalue weighted by Crippen LogP contribution is -2.37. The number of carbonyl (C=O) groups is 2. The van der Waals surface area contributed by atoms with Crippen molar-refractivity contribution in [3.05, 3.63) is 27.2 Å². The molecule has 0 saturated carbocycles. The third-order valence-electron chi connectivity index (χ3n) is 3.58. The van der Waals surface area contributed by atoms with Crippen molar-refractivity contribution in [2.45, 2.75) is 13.0 Å². The van der Waals surface area contributed by atoms with Crippen molar-refractivity contribution in [3.8, 4) is 0 Å². The first-order chi connectivity index (χ1) is 10.7. The summed E-state index contributed by atoms with van der Waals surface area (Å²) in [7, 11) is 4.27. The van der Waals surface area contributed by atoms with Crippen LogP contribution < -0.4 is 11.2 Å². The van der Waals surface area contributed by atoms with Gasteiger partial charge in [-0.05, 0) is 0 Å². The van der Waals surface area contributed by atoms with E-state index in [9.17, 15) is 19.2 Å². The van der Waals surface area contributed by atoms with Crippen LogP contribution in [0.5, 0.6) is 0 Å². The summed E-state index contributed by atoms with van der Waals surface area (Å²) in [5.74, 6) is -1.46. The van der Waals surface area contributed by atoms with E-state index in [2.05, 4.69) is 4.98 Å². The molecular formula is C13H17N5O5. The number of carbonyl (C=O) groups excluding carboxylic acids is 1. The third-order valence-corrected chi connectivity index (χ3v) is 3.58. The number of amides is 1. The topological polar surface area (TPSA) is 119 Å². The van der Waals surface area contributed by atoms with Crippen LogP contribution in [0.25, 0.3) is 11.2 Å². The smallest absolute Gasteiger partial charge is 0.332 e. The lowest BCUT2D eigenvalue weighted by molar-refractivity contribution is -0.143. The zero-order valence-electron chi connectivity index (χ0n) is 13.0. The quantitative estimate of drug-likeness (QED) is 0.705. The van der Waals surface area contributed by atoms with Gasteiger partial charge in [-0.2, -0.15) is 0 Å². The van der Waals surface area contributed by atoms with Gasteiger partial charge in [0, 0.05) is 34.1 Å². The number of hydrogen-bond donors (Lipinski definition) is 1. The Balaban J connectivity index is 2.29. The highest BCUT2D eigenvalue weighted by molar-refractivity contribution is 5.81. The molecular weight excluding hydrogens is 306 g/mol. The predicted octanol–water partition coefficient (Wildman–Crippen LogP) is -1.63. The molecule has 1 amide bonds. The maximum atomic E-state index is 12.2. The summed E-state index contributed by atoms with van der Waals surface area (Å²) in [6.07, 6.45) is 1.40. The van der Waals surface area contributed by atoms with Crippen molar-refractivity contribution in [1.29, 1.82) is 0 Å². The van der Waals surface area contributed by atoms with Gasteiger partial charge in [-0.1, -0.05) is 0 Å². The maximum Gasteiger partial charge on any atom is 0.332 e. The highest BCUT2D eigenvalue weighted by Crippen LogP contribution is 2.06. The van der Waals surface area contributed by atoms with E-state index < -0.39 is 17.2 Å². The molecule has 2 aromatic rings. The second-order valence-corrected chi connectivity index (χ2v) is 5.21. The Hall–Kier alpha value is -2.91. The van der Waals surface area contributed by atoms with Crippen LogP contribution in [0.15, 0.2) is 15.9 Å². The first-order valence-electron chi connectivity index (χ1n) is 6.80. The van der Waals surface area contributed by atoms with E-state index in [0.29, 0.717) is 0 Å². The highest BCUT2D eigenvalue weighted by Gasteiger charge is 2.16. The minimum Gasteiger partial charge on any atom is -0.480 e. The lowest BCUT2D eigenvalue weighted by Gasteiger charge is -2.14. The molecule has 0 bridgehead atoms. The molecule has 124 valence electrons. The second kappa shape index (κ2) is 6.07. The molecule has 0 atom stereocenters. The Morgan fingerprint density at radius 3 is 2.52 bits per heavy atom. The minimum absolute atomic E-state index is 0.0151. The van der Waals surface area contributed by atoms with Crippen molar-refractivity contribution < 1.29 is 14.7 Å². The first-order valence-corrected chi connectivity index (χ1v) is 6.80. The summed E-state index contributed by atoms with van der Waals surface area (Å²) in [6.45, 7) is -0.230. The number of aryl methyl sites for hydroxylation is 2. The third kappa shape index (κ3) is 3.00. The van der Waals surface area contributed by atoms with Crippen LogP contribution in [0.4, 0.5) is 0 Å². The Labute approximate surface area is 130 Å². The van der Waals surface area contributed by atoms with Crippen LogP contribution in [0.3, 0.4) is 0 Å². The van der Waals surface area contributed by atoms with Crippen molar-refractivity contribution in [2.75, 3.05) is 13.6 Å². The molecule has 23 heavy (non-hydrogen) atoms. The monoisotopic (exact) mass is 323 g/mol. The second-order valence-electron chi connectivity index (χ2n) is 5.21. The molecule has 10 nitrogen and oxygen atoms in total. The van der Waals surface area contributed by atoms with Crippen LogP contribution in [0.2, 0.25) is 0 Å². The molecule has 0 aliphatic rings.